The molecule has 4 fully saturated rings. The summed E-state index contributed by atoms with van der Waals surface area (Å²) in [6.45, 7) is 7.93. The maximum atomic E-state index is 11.6. The Bertz CT molecular complexity index is 581. The van der Waals surface area contributed by atoms with Gasteiger partial charge in [0.1, 0.15) is 0 Å². The lowest BCUT2D eigenvalue weighted by Gasteiger charge is -2.63. The molecule has 4 rings (SSSR count). The van der Waals surface area contributed by atoms with Gasteiger partial charge in [0, 0.05) is 13.7 Å². The minimum absolute atomic E-state index is 0.0774. The maximum Gasteiger partial charge on any atom is 0.0602 e. The number of hydrogen-bond acceptors (Lipinski definition) is 4. The Morgan fingerprint density at radius 3 is 2.48 bits per heavy atom. The van der Waals surface area contributed by atoms with Crippen LogP contribution in [0.2, 0.25) is 0 Å². The summed E-state index contributed by atoms with van der Waals surface area (Å²) in [7, 11) is 1.77. The first-order chi connectivity index (χ1) is 13.7. The number of hydrogen-bond donors (Lipinski definition) is 3. The van der Waals surface area contributed by atoms with E-state index in [4.69, 9.17) is 4.74 Å². The van der Waals surface area contributed by atoms with Crippen molar-refractivity contribution in [1.82, 2.24) is 0 Å². The third kappa shape index (κ3) is 3.41. The molecule has 11 atom stereocenters. The van der Waals surface area contributed by atoms with E-state index in [0.29, 0.717) is 35.5 Å². The average molecular weight is 409 g/mol. The topological polar surface area (TPSA) is 69.9 Å². The molecular formula is C25H44O4. The maximum absolute atomic E-state index is 11.6. The van der Waals surface area contributed by atoms with Gasteiger partial charge in [-0.1, -0.05) is 20.8 Å². The van der Waals surface area contributed by atoms with Gasteiger partial charge in [-0.15, -0.1) is 0 Å². The summed E-state index contributed by atoms with van der Waals surface area (Å²) >= 11 is 0. The lowest BCUT2D eigenvalue weighted by atomic mass is 9.43. The van der Waals surface area contributed by atoms with Gasteiger partial charge in [0.15, 0.2) is 0 Å². The van der Waals surface area contributed by atoms with Gasteiger partial charge in [-0.05, 0) is 104 Å². The number of aliphatic hydroxyl groups excluding tert-OH is 3. The zero-order chi connectivity index (χ0) is 21.0. The van der Waals surface area contributed by atoms with Crippen LogP contribution >= 0.6 is 0 Å². The molecule has 0 aliphatic heterocycles. The van der Waals surface area contributed by atoms with Gasteiger partial charge in [-0.3, -0.25) is 0 Å². The van der Waals surface area contributed by atoms with Gasteiger partial charge in [0.25, 0.3) is 0 Å². The molecule has 3 N–H and O–H groups in total. The SMILES string of the molecule is COCCCC(C)C1CCC2C3C(C[C@H](O)[C@]12C)[C@@]1(C)CC[C@@H](O)C[C@H]1C[C@H]3O. The van der Waals surface area contributed by atoms with E-state index in [-0.39, 0.29) is 29.1 Å². The molecular weight excluding hydrogens is 364 g/mol. The molecule has 4 aliphatic rings. The van der Waals surface area contributed by atoms with E-state index in [1.807, 2.05) is 0 Å². The molecule has 0 heterocycles. The summed E-state index contributed by atoms with van der Waals surface area (Å²) < 4.78 is 5.26. The molecule has 0 aromatic heterocycles. The Morgan fingerprint density at radius 1 is 1.00 bits per heavy atom. The molecule has 0 aromatic rings. The van der Waals surface area contributed by atoms with Crippen LogP contribution in [0.1, 0.15) is 78.6 Å². The number of ether oxygens (including phenoxy) is 1. The summed E-state index contributed by atoms with van der Waals surface area (Å²) in [4.78, 5) is 0. The highest BCUT2D eigenvalue weighted by Crippen LogP contribution is 2.68. The highest BCUT2D eigenvalue weighted by Gasteiger charge is 2.65. The highest BCUT2D eigenvalue weighted by molar-refractivity contribution is 5.14. The van der Waals surface area contributed by atoms with Gasteiger partial charge >= 0.3 is 0 Å². The monoisotopic (exact) mass is 408 g/mol. The van der Waals surface area contributed by atoms with Crippen molar-refractivity contribution in [1.29, 1.82) is 0 Å². The van der Waals surface area contributed by atoms with E-state index in [9.17, 15) is 15.3 Å². The molecule has 5 unspecified atom stereocenters. The highest BCUT2D eigenvalue weighted by atomic mass is 16.5. The van der Waals surface area contributed by atoms with Gasteiger partial charge < -0.3 is 20.1 Å². The van der Waals surface area contributed by atoms with Crippen molar-refractivity contribution in [3.05, 3.63) is 0 Å². The minimum atomic E-state index is -0.277. The quantitative estimate of drug-likeness (QED) is 0.601. The van der Waals surface area contributed by atoms with Gasteiger partial charge in [-0.2, -0.15) is 0 Å². The largest absolute Gasteiger partial charge is 0.393 e. The first-order valence-corrected chi connectivity index (χ1v) is 12.3. The first kappa shape index (κ1) is 22.0. The van der Waals surface area contributed by atoms with Crippen molar-refractivity contribution in [2.45, 2.75) is 96.9 Å². The smallest absolute Gasteiger partial charge is 0.0602 e. The van der Waals surface area contributed by atoms with Crippen LogP contribution in [0.15, 0.2) is 0 Å². The van der Waals surface area contributed by atoms with E-state index in [2.05, 4.69) is 20.8 Å². The second-order valence-corrected chi connectivity index (χ2v) is 11.6. The summed E-state index contributed by atoms with van der Waals surface area (Å²) in [6, 6.07) is 0. The van der Waals surface area contributed by atoms with Crippen LogP contribution in [0.3, 0.4) is 0 Å². The predicted molar refractivity (Wildman–Crippen MR) is 114 cm³/mol. The zero-order valence-corrected chi connectivity index (χ0v) is 19.0. The molecule has 0 bridgehead atoms. The number of fused-ring (bicyclic) bond motifs is 5. The fraction of sp³-hybridized carbons (Fsp3) is 1.00. The van der Waals surface area contributed by atoms with Crippen molar-refractivity contribution < 1.29 is 20.1 Å². The van der Waals surface area contributed by atoms with Crippen molar-refractivity contribution in [3.8, 4) is 0 Å². The van der Waals surface area contributed by atoms with Crippen molar-refractivity contribution in [3.63, 3.8) is 0 Å². The van der Waals surface area contributed by atoms with Crippen molar-refractivity contribution in [2.24, 2.45) is 46.3 Å². The zero-order valence-electron chi connectivity index (χ0n) is 19.0. The fourth-order valence-corrected chi connectivity index (χ4v) is 8.88. The Kier molecular flexibility index (Phi) is 6.14. The molecule has 4 heteroatoms. The van der Waals surface area contributed by atoms with Crippen molar-refractivity contribution in [2.75, 3.05) is 13.7 Å². The number of rotatable bonds is 5. The van der Waals surface area contributed by atoms with E-state index in [1.54, 1.807) is 7.11 Å². The Labute approximate surface area is 177 Å². The Morgan fingerprint density at radius 2 is 1.76 bits per heavy atom. The lowest BCUT2D eigenvalue weighted by molar-refractivity contribution is -0.207. The van der Waals surface area contributed by atoms with Crippen LogP contribution in [0.4, 0.5) is 0 Å². The molecule has 4 aliphatic carbocycles. The fourth-order valence-electron chi connectivity index (χ4n) is 8.88. The standard InChI is InChI=1S/C25H44O4/c1-15(6-5-11-29-4)18-7-8-19-23-20(14-22(28)25(18,19)3)24(2)10-9-17(26)12-16(24)13-21(23)27/h15-23,26-28H,5-14H2,1-4H3/t15?,16-,17+,18?,19?,20?,21+,22-,23?,24-,25+/m0/s1. The molecule has 0 saturated heterocycles. The van der Waals surface area contributed by atoms with Crippen molar-refractivity contribution >= 4 is 0 Å². The van der Waals surface area contributed by atoms with Crippen LogP contribution < -0.4 is 0 Å². The third-order valence-corrected chi connectivity index (χ3v) is 10.5. The Hall–Kier alpha value is -0.160. The molecule has 4 nitrogen and oxygen atoms in total. The molecule has 0 spiro atoms. The lowest BCUT2D eigenvalue weighted by Crippen LogP contribution is -2.62. The predicted octanol–water partition coefficient (Wildman–Crippen LogP) is 4.01. The van der Waals surface area contributed by atoms with Gasteiger partial charge in [0.2, 0.25) is 0 Å². The summed E-state index contributed by atoms with van der Waals surface area (Å²) in [6.07, 6.45) is 8.23. The molecule has 4 saturated carbocycles. The van der Waals surface area contributed by atoms with Crippen LogP contribution in [0, 0.1) is 46.3 Å². The summed E-state index contributed by atoms with van der Waals surface area (Å²) in [5.74, 6) is 2.64. The van der Waals surface area contributed by atoms with E-state index in [1.165, 1.54) is 6.42 Å². The minimum Gasteiger partial charge on any atom is -0.393 e. The summed E-state index contributed by atoms with van der Waals surface area (Å²) in [5, 5.41) is 33.1. The van der Waals surface area contributed by atoms with Gasteiger partial charge in [-0.25, -0.2) is 0 Å². The second kappa shape index (κ2) is 8.07. The molecule has 0 radical (unpaired) electrons. The average Bonchev–Trinajstić information content (AvgIpc) is 3.03. The normalized spacial score (nSPS) is 53.1. The van der Waals surface area contributed by atoms with E-state index in [0.717, 1.165) is 58.0 Å². The van der Waals surface area contributed by atoms with Crippen LogP contribution in [0.5, 0.6) is 0 Å². The van der Waals surface area contributed by atoms with Crippen LogP contribution in [0.25, 0.3) is 0 Å². The van der Waals surface area contributed by atoms with Crippen LogP contribution in [-0.4, -0.2) is 47.3 Å². The van der Waals surface area contributed by atoms with E-state index < -0.39 is 0 Å². The Balaban J connectivity index is 1.58. The number of methoxy groups -OCH3 is 1. The molecule has 168 valence electrons. The molecule has 0 aromatic carbocycles. The summed E-state index contributed by atoms with van der Waals surface area (Å²) in [5.41, 5.74) is 0.0830. The first-order valence-electron chi connectivity index (χ1n) is 12.3. The van der Waals surface area contributed by atoms with Gasteiger partial charge in [0.05, 0.1) is 18.3 Å². The molecule has 0 amide bonds. The number of aliphatic hydroxyl groups is 3. The second-order valence-electron chi connectivity index (χ2n) is 11.6. The van der Waals surface area contributed by atoms with Crippen LogP contribution in [-0.2, 0) is 4.74 Å². The van der Waals surface area contributed by atoms with E-state index >= 15 is 0 Å². The molecule has 29 heavy (non-hydrogen) atoms. The third-order valence-electron chi connectivity index (χ3n) is 10.5.